The summed E-state index contributed by atoms with van der Waals surface area (Å²) in [6.45, 7) is 0.399. The van der Waals surface area contributed by atoms with Crippen LogP contribution < -0.4 is 4.74 Å². The highest BCUT2D eigenvalue weighted by atomic mass is 19.4. The third kappa shape index (κ3) is 2.97. The molecule has 0 atom stereocenters. The zero-order valence-electron chi connectivity index (χ0n) is 7.60. The molecule has 1 N–H and O–H groups in total. The van der Waals surface area contributed by atoms with Gasteiger partial charge in [0.1, 0.15) is 6.67 Å². The molecular weight excluding hydrogens is 218 g/mol. The van der Waals surface area contributed by atoms with Gasteiger partial charge in [-0.2, -0.15) is 0 Å². The number of hydrogen-bond donors (Lipinski definition) is 1. The van der Waals surface area contributed by atoms with E-state index in [1.54, 1.807) is 0 Å². The lowest BCUT2D eigenvalue weighted by Crippen LogP contribution is -2.18. The number of pyridine rings is 1. The van der Waals surface area contributed by atoms with Crippen molar-refractivity contribution in [2.75, 3.05) is 0 Å². The Bertz CT molecular complexity index is 364. The van der Waals surface area contributed by atoms with Gasteiger partial charge >= 0.3 is 6.36 Å². The van der Waals surface area contributed by atoms with Crippen molar-refractivity contribution < 1.29 is 27.4 Å². The van der Waals surface area contributed by atoms with Crippen molar-refractivity contribution in [3.8, 4) is 11.6 Å². The fourth-order valence-electron chi connectivity index (χ4n) is 0.933. The van der Waals surface area contributed by atoms with Gasteiger partial charge in [0, 0.05) is 11.3 Å². The number of alkyl halides is 4. The van der Waals surface area contributed by atoms with E-state index in [4.69, 9.17) is 5.11 Å². The van der Waals surface area contributed by atoms with Gasteiger partial charge in [-0.05, 0) is 13.0 Å². The summed E-state index contributed by atoms with van der Waals surface area (Å²) in [7, 11) is 0. The van der Waals surface area contributed by atoms with Crippen LogP contribution in [0, 0.1) is 6.92 Å². The third-order valence-corrected chi connectivity index (χ3v) is 1.62. The fourth-order valence-corrected chi connectivity index (χ4v) is 0.933. The second kappa shape index (κ2) is 3.92. The molecule has 0 bridgehead atoms. The minimum Gasteiger partial charge on any atom is -0.503 e. The lowest BCUT2D eigenvalue weighted by molar-refractivity contribution is -0.276. The van der Waals surface area contributed by atoms with Gasteiger partial charge in [-0.25, -0.2) is 9.37 Å². The number of aromatic hydroxyl groups is 1. The Morgan fingerprint density at radius 1 is 1.47 bits per heavy atom. The summed E-state index contributed by atoms with van der Waals surface area (Å²) in [5.74, 6) is -1.82. The van der Waals surface area contributed by atoms with Crippen LogP contribution in [0.4, 0.5) is 17.6 Å². The van der Waals surface area contributed by atoms with Crippen molar-refractivity contribution in [3.05, 3.63) is 17.3 Å². The predicted molar refractivity (Wildman–Crippen MR) is 42.1 cm³/mol. The minimum absolute atomic E-state index is 0.0158. The number of aryl methyl sites for hydroxylation is 1. The zero-order valence-corrected chi connectivity index (χ0v) is 7.60. The van der Waals surface area contributed by atoms with E-state index in [1.165, 1.54) is 6.92 Å². The summed E-state index contributed by atoms with van der Waals surface area (Å²) < 4.78 is 51.0. The third-order valence-electron chi connectivity index (χ3n) is 1.62. The Morgan fingerprint density at radius 2 is 2.07 bits per heavy atom. The van der Waals surface area contributed by atoms with E-state index in [-0.39, 0.29) is 11.3 Å². The molecule has 1 aromatic rings. The first-order valence-corrected chi connectivity index (χ1v) is 3.84. The van der Waals surface area contributed by atoms with Crippen LogP contribution in [0.15, 0.2) is 6.07 Å². The molecule has 84 valence electrons. The maximum atomic E-state index is 12.2. The Hall–Kier alpha value is -1.53. The first-order valence-electron chi connectivity index (χ1n) is 3.84. The van der Waals surface area contributed by atoms with Gasteiger partial charge in [0.05, 0.1) is 0 Å². The smallest absolute Gasteiger partial charge is 0.503 e. The summed E-state index contributed by atoms with van der Waals surface area (Å²) in [5, 5.41) is 9.06. The second-order valence-electron chi connectivity index (χ2n) is 2.74. The van der Waals surface area contributed by atoms with Crippen molar-refractivity contribution in [2.24, 2.45) is 0 Å². The molecular formula is C8H7F4NO2. The monoisotopic (exact) mass is 225 g/mol. The lowest BCUT2D eigenvalue weighted by Gasteiger charge is -2.11. The molecule has 3 nitrogen and oxygen atoms in total. The van der Waals surface area contributed by atoms with E-state index in [9.17, 15) is 17.6 Å². The molecule has 0 unspecified atom stereocenters. The summed E-state index contributed by atoms with van der Waals surface area (Å²) >= 11 is 0. The summed E-state index contributed by atoms with van der Waals surface area (Å²) in [6, 6.07) is 0.851. The van der Waals surface area contributed by atoms with E-state index >= 15 is 0 Å². The predicted octanol–water partition coefficient (Wildman–Crippen LogP) is 2.46. The minimum atomic E-state index is -4.94. The van der Waals surface area contributed by atoms with Crippen LogP contribution >= 0.6 is 0 Å². The van der Waals surface area contributed by atoms with Gasteiger partial charge in [0.25, 0.3) is 5.88 Å². The normalized spacial score (nSPS) is 11.5. The lowest BCUT2D eigenvalue weighted by atomic mass is 10.2. The SMILES string of the molecule is Cc1nc(OC(F)(F)F)c(O)cc1CF. The van der Waals surface area contributed by atoms with Crippen molar-refractivity contribution in [1.82, 2.24) is 4.98 Å². The standard InChI is InChI=1S/C8H7F4NO2/c1-4-5(3-9)2-6(14)7(13-4)15-8(10,11)12/h2,14H,3H2,1H3. The van der Waals surface area contributed by atoms with Crippen molar-refractivity contribution in [1.29, 1.82) is 0 Å². The van der Waals surface area contributed by atoms with E-state index < -0.39 is 24.7 Å². The molecule has 7 heteroatoms. The quantitative estimate of drug-likeness (QED) is 0.786. The second-order valence-corrected chi connectivity index (χ2v) is 2.74. The molecule has 0 aromatic carbocycles. The molecule has 0 aliphatic carbocycles. The summed E-state index contributed by atoms with van der Waals surface area (Å²) in [6.07, 6.45) is -4.94. The van der Waals surface area contributed by atoms with Crippen LogP contribution in [-0.4, -0.2) is 16.5 Å². The number of rotatable bonds is 2. The molecule has 1 heterocycles. The molecule has 0 spiro atoms. The molecule has 1 rings (SSSR count). The van der Waals surface area contributed by atoms with E-state index in [1.807, 2.05) is 0 Å². The highest BCUT2D eigenvalue weighted by Gasteiger charge is 2.33. The van der Waals surface area contributed by atoms with Crippen LogP contribution in [-0.2, 0) is 6.67 Å². The van der Waals surface area contributed by atoms with Gasteiger partial charge in [-0.15, -0.1) is 13.2 Å². The van der Waals surface area contributed by atoms with Crippen molar-refractivity contribution in [2.45, 2.75) is 20.0 Å². The first kappa shape index (κ1) is 11.5. The van der Waals surface area contributed by atoms with Gasteiger partial charge in [-0.1, -0.05) is 0 Å². The Kier molecular flexibility index (Phi) is 3.01. The van der Waals surface area contributed by atoms with E-state index in [0.29, 0.717) is 0 Å². The number of halogens is 4. The molecule has 0 amide bonds. The number of aromatic nitrogens is 1. The van der Waals surface area contributed by atoms with Gasteiger partial charge < -0.3 is 9.84 Å². The van der Waals surface area contributed by atoms with E-state index in [2.05, 4.69) is 9.72 Å². The Morgan fingerprint density at radius 3 is 2.53 bits per heavy atom. The van der Waals surface area contributed by atoms with Crippen molar-refractivity contribution >= 4 is 0 Å². The highest BCUT2D eigenvalue weighted by Crippen LogP contribution is 2.30. The molecule has 0 aliphatic rings. The zero-order chi connectivity index (χ0) is 11.6. The fraction of sp³-hybridized carbons (Fsp3) is 0.375. The Balaban J connectivity index is 3.05. The molecule has 0 fully saturated rings. The Labute approximate surface area is 82.3 Å². The van der Waals surface area contributed by atoms with Crippen LogP contribution in [0.25, 0.3) is 0 Å². The summed E-state index contributed by atoms with van der Waals surface area (Å²) in [5.41, 5.74) is 0.0524. The molecule has 15 heavy (non-hydrogen) atoms. The van der Waals surface area contributed by atoms with Gasteiger partial charge in [-0.3, -0.25) is 0 Å². The highest BCUT2D eigenvalue weighted by molar-refractivity contribution is 5.38. The summed E-state index contributed by atoms with van der Waals surface area (Å²) in [4.78, 5) is 3.30. The molecule has 0 radical (unpaired) electrons. The average molecular weight is 225 g/mol. The number of hydrogen-bond acceptors (Lipinski definition) is 3. The van der Waals surface area contributed by atoms with Crippen LogP contribution in [0.3, 0.4) is 0 Å². The van der Waals surface area contributed by atoms with Crippen LogP contribution in [0.1, 0.15) is 11.3 Å². The van der Waals surface area contributed by atoms with E-state index in [0.717, 1.165) is 6.07 Å². The molecule has 0 aliphatic heterocycles. The largest absolute Gasteiger partial charge is 0.574 e. The number of nitrogens with zero attached hydrogens (tertiary/aromatic N) is 1. The van der Waals surface area contributed by atoms with Crippen LogP contribution in [0.5, 0.6) is 11.6 Å². The number of ether oxygens (including phenoxy) is 1. The van der Waals surface area contributed by atoms with Crippen molar-refractivity contribution in [3.63, 3.8) is 0 Å². The van der Waals surface area contributed by atoms with Gasteiger partial charge in [0.2, 0.25) is 0 Å². The molecule has 0 saturated carbocycles. The molecule has 0 saturated heterocycles. The maximum absolute atomic E-state index is 12.2. The maximum Gasteiger partial charge on any atom is 0.574 e. The topological polar surface area (TPSA) is 42.4 Å². The first-order chi connectivity index (χ1) is 6.83. The average Bonchev–Trinajstić information content (AvgIpc) is 2.08. The molecule has 1 aromatic heterocycles. The van der Waals surface area contributed by atoms with Gasteiger partial charge in [0.15, 0.2) is 5.75 Å². The van der Waals surface area contributed by atoms with Crippen LogP contribution in [0.2, 0.25) is 0 Å².